The van der Waals surface area contributed by atoms with Crippen LogP contribution in [0.5, 0.6) is 0 Å². The van der Waals surface area contributed by atoms with E-state index in [2.05, 4.69) is 0 Å². The van der Waals surface area contributed by atoms with Crippen LogP contribution in [-0.4, -0.2) is 23.1 Å². The highest BCUT2D eigenvalue weighted by molar-refractivity contribution is 5.70. The van der Waals surface area contributed by atoms with Crippen molar-refractivity contribution >= 4 is 6.09 Å². The summed E-state index contributed by atoms with van der Waals surface area (Å²) in [5.41, 5.74) is 5.77. The number of hydrogen-bond donors (Lipinski definition) is 1. The van der Waals surface area contributed by atoms with Crippen LogP contribution in [0, 0.1) is 0 Å². The van der Waals surface area contributed by atoms with E-state index >= 15 is 0 Å². The van der Waals surface area contributed by atoms with Crippen LogP contribution < -0.4 is 5.73 Å². The first-order valence-electron chi connectivity index (χ1n) is 4.51. The second-order valence-electron chi connectivity index (χ2n) is 4.19. The number of amides is 1. The molecular weight excluding hydrogens is 180 g/mol. The van der Waals surface area contributed by atoms with Gasteiger partial charge in [-0.15, -0.1) is 0 Å². The lowest BCUT2D eigenvalue weighted by Gasteiger charge is -2.26. The van der Waals surface area contributed by atoms with E-state index < -0.39 is 5.60 Å². The van der Waals surface area contributed by atoms with Crippen LogP contribution in [0.25, 0.3) is 0 Å². The first-order valence-corrected chi connectivity index (χ1v) is 4.51. The zero-order valence-electron chi connectivity index (χ0n) is 8.78. The molecule has 0 aliphatic carbocycles. The topological polar surface area (TPSA) is 55.6 Å². The minimum atomic E-state index is -0.471. The number of rotatable bonds is 0. The highest BCUT2D eigenvalue weighted by atomic mass is 16.6. The molecule has 0 aromatic carbocycles. The molecule has 1 heterocycles. The van der Waals surface area contributed by atoms with Crippen LogP contribution in [0.4, 0.5) is 4.79 Å². The van der Waals surface area contributed by atoms with Crippen LogP contribution in [0.2, 0.25) is 0 Å². The molecule has 4 heteroatoms. The Morgan fingerprint density at radius 1 is 1.57 bits per heavy atom. The van der Waals surface area contributed by atoms with Gasteiger partial charge < -0.3 is 10.5 Å². The second kappa shape index (κ2) is 3.74. The zero-order valence-corrected chi connectivity index (χ0v) is 8.78. The highest BCUT2D eigenvalue weighted by Crippen LogP contribution is 2.12. The summed E-state index contributed by atoms with van der Waals surface area (Å²) in [6.45, 7) is 5.89. The van der Waals surface area contributed by atoms with Crippen molar-refractivity contribution in [3.8, 4) is 0 Å². The van der Waals surface area contributed by atoms with Gasteiger partial charge in [-0.2, -0.15) is 0 Å². The molecule has 0 aromatic rings. The standard InChI is InChI=1S/C10H16N2O2/c1-10(2,3)14-9(13)12-6-4-5-8(11)7-12/h4-6H,7,11H2,1-3H3. The molecule has 1 amide bonds. The number of nitrogens with two attached hydrogens (primary N) is 1. The third-order valence-electron chi connectivity index (χ3n) is 1.56. The molecule has 1 rings (SSSR count). The number of hydrogen-bond acceptors (Lipinski definition) is 3. The monoisotopic (exact) mass is 196 g/mol. The van der Waals surface area contributed by atoms with Crippen LogP contribution in [0.1, 0.15) is 20.8 Å². The Morgan fingerprint density at radius 3 is 2.71 bits per heavy atom. The number of ether oxygens (including phenoxy) is 1. The van der Waals surface area contributed by atoms with Gasteiger partial charge >= 0.3 is 6.09 Å². The van der Waals surface area contributed by atoms with E-state index in [4.69, 9.17) is 10.5 Å². The maximum Gasteiger partial charge on any atom is 0.414 e. The van der Waals surface area contributed by atoms with E-state index in [-0.39, 0.29) is 6.09 Å². The van der Waals surface area contributed by atoms with Crippen molar-refractivity contribution in [2.24, 2.45) is 5.73 Å². The Kier molecular flexibility index (Phi) is 2.84. The van der Waals surface area contributed by atoms with Crippen LogP contribution in [0.15, 0.2) is 24.0 Å². The van der Waals surface area contributed by atoms with Gasteiger partial charge in [0.2, 0.25) is 0 Å². The van der Waals surface area contributed by atoms with Gasteiger partial charge in [0, 0.05) is 11.9 Å². The number of carbonyl (C=O) groups excluding carboxylic acids is 1. The zero-order chi connectivity index (χ0) is 10.8. The first kappa shape index (κ1) is 10.6. The third-order valence-corrected chi connectivity index (χ3v) is 1.56. The average Bonchev–Trinajstić information content (AvgIpc) is 2.01. The van der Waals surface area contributed by atoms with Gasteiger partial charge in [0.1, 0.15) is 5.60 Å². The molecule has 0 radical (unpaired) electrons. The van der Waals surface area contributed by atoms with Gasteiger partial charge in [-0.1, -0.05) is 0 Å². The van der Waals surface area contributed by atoms with E-state index in [1.54, 1.807) is 18.4 Å². The van der Waals surface area contributed by atoms with Crippen molar-refractivity contribution in [3.05, 3.63) is 24.0 Å². The molecule has 0 fully saturated rings. The third kappa shape index (κ3) is 3.12. The lowest BCUT2D eigenvalue weighted by molar-refractivity contribution is 0.0346. The summed E-state index contributed by atoms with van der Waals surface area (Å²) in [7, 11) is 0. The van der Waals surface area contributed by atoms with Gasteiger partial charge in [-0.05, 0) is 32.9 Å². The predicted octanol–water partition coefficient (Wildman–Crippen LogP) is 1.59. The molecule has 1 aliphatic rings. The van der Waals surface area contributed by atoms with Gasteiger partial charge in [-0.3, -0.25) is 4.90 Å². The van der Waals surface area contributed by atoms with E-state index in [1.165, 1.54) is 4.90 Å². The fourth-order valence-electron chi connectivity index (χ4n) is 1.02. The predicted molar refractivity (Wildman–Crippen MR) is 54.4 cm³/mol. The fourth-order valence-corrected chi connectivity index (χ4v) is 1.02. The fraction of sp³-hybridized carbons (Fsp3) is 0.500. The van der Waals surface area contributed by atoms with Gasteiger partial charge in [0.25, 0.3) is 0 Å². The molecule has 78 valence electrons. The summed E-state index contributed by atoms with van der Waals surface area (Å²) in [6, 6.07) is 0. The van der Waals surface area contributed by atoms with E-state index in [1.807, 2.05) is 20.8 Å². The van der Waals surface area contributed by atoms with Gasteiger partial charge in [0.05, 0.1) is 6.54 Å². The van der Waals surface area contributed by atoms with Crippen LogP contribution in [0.3, 0.4) is 0 Å². The lowest BCUT2D eigenvalue weighted by Crippen LogP contribution is -2.36. The maximum absolute atomic E-state index is 11.5. The van der Waals surface area contributed by atoms with Gasteiger partial charge in [-0.25, -0.2) is 4.79 Å². The summed E-state index contributed by atoms with van der Waals surface area (Å²) in [5, 5.41) is 0. The Morgan fingerprint density at radius 2 is 2.21 bits per heavy atom. The van der Waals surface area contributed by atoms with Crippen LogP contribution >= 0.6 is 0 Å². The summed E-state index contributed by atoms with van der Waals surface area (Å²) < 4.78 is 5.18. The van der Waals surface area contributed by atoms with Crippen molar-refractivity contribution in [3.63, 3.8) is 0 Å². The Bertz CT molecular complexity index is 287. The molecule has 0 atom stereocenters. The number of carbonyl (C=O) groups is 1. The van der Waals surface area contributed by atoms with E-state index in [9.17, 15) is 4.79 Å². The van der Waals surface area contributed by atoms with Crippen molar-refractivity contribution in [1.82, 2.24) is 4.90 Å². The smallest absolute Gasteiger partial charge is 0.414 e. The molecule has 2 N–H and O–H groups in total. The Hall–Kier alpha value is -1.45. The minimum absolute atomic E-state index is 0.371. The van der Waals surface area contributed by atoms with Crippen molar-refractivity contribution in [2.45, 2.75) is 26.4 Å². The molecule has 0 saturated carbocycles. The number of allylic oxidation sites excluding steroid dienone is 2. The first-order chi connectivity index (χ1) is 6.38. The molecule has 14 heavy (non-hydrogen) atoms. The highest BCUT2D eigenvalue weighted by Gasteiger charge is 2.21. The number of nitrogens with zero attached hydrogens (tertiary/aromatic N) is 1. The molecule has 1 aliphatic heterocycles. The van der Waals surface area contributed by atoms with Crippen molar-refractivity contribution < 1.29 is 9.53 Å². The normalized spacial score (nSPS) is 16.5. The molecule has 0 spiro atoms. The summed E-state index contributed by atoms with van der Waals surface area (Å²) >= 11 is 0. The molecule has 0 unspecified atom stereocenters. The van der Waals surface area contributed by atoms with Crippen LogP contribution in [-0.2, 0) is 4.74 Å². The Balaban J connectivity index is 2.56. The average molecular weight is 196 g/mol. The Labute approximate surface area is 84.0 Å². The van der Waals surface area contributed by atoms with Crippen molar-refractivity contribution in [1.29, 1.82) is 0 Å². The van der Waals surface area contributed by atoms with Crippen molar-refractivity contribution in [2.75, 3.05) is 6.54 Å². The lowest BCUT2D eigenvalue weighted by atomic mass is 10.2. The maximum atomic E-state index is 11.5. The summed E-state index contributed by atoms with van der Waals surface area (Å²) in [4.78, 5) is 13.0. The minimum Gasteiger partial charge on any atom is -0.443 e. The summed E-state index contributed by atoms with van der Waals surface area (Å²) in [5.74, 6) is 0. The molecule has 0 aromatic heterocycles. The molecule has 0 saturated heterocycles. The SMILES string of the molecule is CC(C)(C)OC(=O)N1C=CC=C(N)C1. The quantitative estimate of drug-likeness (QED) is 0.640. The van der Waals surface area contributed by atoms with Gasteiger partial charge in [0.15, 0.2) is 0 Å². The second-order valence-corrected chi connectivity index (χ2v) is 4.19. The molecular formula is C10H16N2O2. The largest absolute Gasteiger partial charge is 0.443 e. The van der Waals surface area contributed by atoms with E-state index in [0.717, 1.165) is 0 Å². The molecule has 4 nitrogen and oxygen atoms in total. The molecule has 0 bridgehead atoms. The summed E-state index contributed by atoms with van der Waals surface area (Å²) in [6.07, 6.45) is 4.78. The van der Waals surface area contributed by atoms with E-state index in [0.29, 0.717) is 12.2 Å².